The molecule has 0 aliphatic rings. The van der Waals surface area contributed by atoms with Crippen molar-refractivity contribution >= 4 is 4.02 Å². The van der Waals surface area contributed by atoms with Crippen LogP contribution in [0.5, 0.6) is 0 Å². The van der Waals surface area contributed by atoms with Crippen LogP contribution in [0.4, 0.5) is 0 Å². The molecule has 0 aliphatic carbocycles. The van der Waals surface area contributed by atoms with E-state index in [1.165, 1.54) is 43.0 Å². The first-order valence-electron chi connectivity index (χ1n) is 1.11. The van der Waals surface area contributed by atoms with Crippen LogP contribution < -0.4 is 0 Å². The fourth-order valence-electron chi connectivity index (χ4n) is 0. The van der Waals surface area contributed by atoms with E-state index in [1.807, 2.05) is 6.92 Å². The van der Waals surface area contributed by atoms with E-state index in [-0.39, 0.29) is 0 Å². The molecule has 0 aromatic rings. The van der Waals surface area contributed by atoms with Gasteiger partial charge in [0.15, 0.2) is 0 Å². The number of nitrogens with zero attached hydrogens (tertiary/aromatic N) is 1. The van der Waals surface area contributed by atoms with Gasteiger partial charge in [0.05, 0.1) is 0 Å². The Kier molecular flexibility index (Phi) is 3.92. The molecule has 0 fully saturated rings. The van der Waals surface area contributed by atoms with Crippen LogP contribution in [0.15, 0.2) is 3.50 Å². The van der Waals surface area contributed by atoms with Gasteiger partial charge in [0.25, 0.3) is 0 Å². The van der Waals surface area contributed by atoms with E-state index in [2.05, 4.69) is 3.50 Å². The third-order valence-corrected chi connectivity index (χ3v) is 3.24. The first-order valence-corrected chi connectivity index (χ1v) is 3.89. The van der Waals surface area contributed by atoms with Gasteiger partial charge in [0.2, 0.25) is 0 Å². The molecule has 0 bridgehead atoms. The Morgan fingerprint density at radius 3 is 2.00 bits per heavy atom. The SMILES string of the molecule is C[C](=[W])[N]=[W]. The Bertz CT molecular complexity index is 58.7. The number of hydrogen-bond acceptors (Lipinski definition) is 1. The summed E-state index contributed by atoms with van der Waals surface area (Å²) in [5.41, 5.74) is 0. The van der Waals surface area contributed by atoms with Gasteiger partial charge in [-0.1, -0.05) is 0 Å². The monoisotopic (exact) mass is 409 g/mol. The summed E-state index contributed by atoms with van der Waals surface area (Å²) in [7, 11) is 0. The van der Waals surface area contributed by atoms with Crippen LogP contribution in [0.3, 0.4) is 0 Å². The van der Waals surface area contributed by atoms with Crippen molar-refractivity contribution in [1.29, 1.82) is 0 Å². The van der Waals surface area contributed by atoms with Crippen LogP contribution in [0, 0.1) is 0 Å². The molecule has 0 saturated heterocycles. The van der Waals surface area contributed by atoms with Gasteiger partial charge in [-0.25, -0.2) is 0 Å². The molecule has 0 N–H and O–H groups in total. The molecule has 0 amide bonds. The summed E-state index contributed by atoms with van der Waals surface area (Å²) in [5.74, 6) is 0. The van der Waals surface area contributed by atoms with Crippen molar-refractivity contribution < 1.29 is 39.0 Å². The zero-order valence-corrected chi connectivity index (χ0v) is 8.63. The molecule has 0 atom stereocenters. The van der Waals surface area contributed by atoms with E-state index in [0.29, 0.717) is 0 Å². The van der Waals surface area contributed by atoms with E-state index in [1.54, 1.807) is 0 Å². The van der Waals surface area contributed by atoms with E-state index in [4.69, 9.17) is 0 Å². The van der Waals surface area contributed by atoms with Crippen molar-refractivity contribution in [1.82, 2.24) is 0 Å². The van der Waals surface area contributed by atoms with E-state index in [9.17, 15) is 0 Å². The summed E-state index contributed by atoms with van der Waals surface area (Å²) in [6.45, 7) is 2.03. The van der Waals surface area contributed by atoms with Crippen molar-refractivity contribution in [3.8, 4) is 0 Å². The topological polar surface area (TPSA) is 12.4 Å². The molecule has 0 aromatic heterocycles. The van der Waals surface area contributed by atoms with Gasteiger partial charge in [-0.2, -0.15) is 0 Å². The molecular formula is C2H3NW2. The van der Waals surface area contributed by atoms with Gasteiger partial charge in [-0.15, -0.1) is 0 Å². The fraction of sp³-hybridized carbons (Fsp3) is 0.500. The molecule has 0 aliphatic heterocycles. The zero-order valence-electron chi connectivity index (χ0n) is 2.76. The molecule has 0 radical (unpaired) electrons. The van der Waals surface area contributed by atoms with Crippen molar-refractivity contribution in [2.75, 3.05) is 0 Å². The minimum atomic E-state index is 1.25. The summed E-state index contributed by atoms with van der Waals surface area (Å²) in [4.78, 5) is 0. The van der Waals surface area contributed by atoms with Crippen molar-refractivity contribution in [2.24, 2.45) is 3.50 Å². The Balaban J connectivity index is 3.20. The average molecular weight is 409 g/mol. The Morgan fingerprint density at radius 1 is 1.80 bits per heavy atom. The molecule has 0 spiro atoms. The van der Waals surface area contributed by atoms with Crippen LogP contribution in [0.2, 0.25) is 0 Å². The van der Waals surface area contributed by atoms with Gasteiger partial charge in [0.1, 0.15) is 0 Å². The number of hydrogen-bond donors (Lipinski definition) is 0. The summed E-state index contributed by atoms with van der Waals surface area (Å²) < 4.78 is 5.18. The van der Waals surface area contributed by atoms with E-state index < -0.39 is 0 Å². The number of rotatable bonds is 1. The second-order valence-corrected chi connectivity index (χ2v) is 3.39. The van der Waals surface area contributed by atoms with Crippen LogP contribution in [-0.4, -0.2) is 4.02 Å². The Labute approximate surface area is 53.3 Å². The fourth-order valence-corrected chi connectivity index (χ4v) is 0. The first kappa shape index (κ1) is 6.05. The van der Waals surface area contributed by atoms with Crippen LogP contribution >= 0.6 is 0 Å². The average Bonchev–Trinajstić information content (AvgIpc) is 1.38. The maximum absolute atomic E-state index is 3.93. The van der Waals surface area contributed by atoms with Gasteiger partial charge >= 0.3 is 53.4 Å². The van der Waals surface area contributed by atoms with E-state index in [0.717, 1.165) is 0 Å². The molecule has 3 heteroatoms. The maximum atomic E-state index is 3.93. The first-order chi connectivity index (χ1) is 2.27. The second kappa shape index (κ2) is 3.24. The second-order valence-electron chi connectivity index (χ2n) is 0.610. The molecular weight excluding hydrogens is 406 g/mol. The summed E-state index contributed by atoms with van der Waals surface area (Å²) in [6, 6.07) is 0. The molecule has 0 aromatic carbocycles. The third kappa shape index (κ3) is 5.05. The van der Waals surface area contributed by atoms with E-state index >= 15 is 0 Å². The molecule has 0 rings (SSSR count). The quantitative estimate of drug-likeness (QED) is 0.596. The van der Waals surface area contributed by atoms with Gasteiger partial charge in [-0.3, -0.25) is 0 Å². The normalized spacial score (nSPS) is 6.60. The Hall–Kier alpha value is 1.05. The van der Waals surface area contributed by atoms with Gasteiger partial charge in [-0.05, 0) is 0 Å². The van der Waals surface area contributed by atoms with Crippen molar-refractivity contribution in [3.05, 3.63) is 0 Å². The molecule has 28 valence electrons. The molecule has 5 heavy (non-hydrogen) atoms. The van der Waals surface area contributed by atoms with Crippen molar-refractivity contribution in [2.45, 2.75) is 6.92 Å². The van der Waals surface area contributed by atoms with Crippen LogP contribution in [0.25, 0.3) is 0 Å². The molecule has 1 nitrogen and oxygen atoms in total. The van der Waals surface area contributed by atoms with Crippen molar-refractivity contribution in [3.63, 3.8) is 0 Å². The standard InChI is InChI=1S/C2H3N.2W/c1-2-3;;/h1H3;;. The summed E-state index contributed by atoms with van der Waals surface area (Å²) in [6.07, 6.45) is 0. The van der Waals surface area contributed by atoms with Gasteiger partial charge in [0, 0.05) is 0 Å². The summed E-state index contributed by atoms with van der Waals surface area (Å²) >= 11 is 2.79. The van der Waals surface area contributed by atoms with Crippen LogP contribution in [0.1, 0.15) is 6.92 Å². The van der Waals surface area contributed by atoms with Gasteiger partial charge < -0.3 is 0 Å². The molecule has 0 saturated carbocycles. The van der Waals surface area contributed by atoms with Crippen LogP contribution in [-0.2, 0) is 39.0 Å². The third-order valence-electron chi connectivity index (χ3n) is 0.129. The zero-order chi connectivity index (χ0) is 4.28. The Morgan fingerprint density at radius 2 is 2.00 bits per heavy atom. The summed E-state index contributed by atoms with van der Waals surface area (Å²) in [5, 5.41) is 0. The molecule has 0 unspecified atom stereocenters. The molecule has 0 heterocycles. The predicted molar refractivity (Wildman–Crippen MR) is 13.1 cm³/mol. The predicted octanol–water partition coefficient (Wildman–Crippen LogP) is 0.413. The minimum absolute atomic E-state index is 1.25.